The summed E-state index contributed by atoms with van der Waals surface area (Å²) in [4.78, 5) is 19.1. The van der Waals surface area contributed by atoms with Gasteiger partial charge in [0, 0.05) is 23.7 Å². The first-order chi connectivity index (χ1) is 11.5. The Labute approximate surface area is 147 Å². The monoisotopic (exact) mass is 341 g/mol. The van der Waals surface area contributed by atoms with Crippen molar-refractivity contribution in [1.82, 2.24) is 0 Å². The van der Waals surface area contributed by atoms with Crippen LogP contribution >= 0.6 is 11.6 Å². The topological polar surface area (TPSA) is 44.7 Å². The average Bonchev–Trinajstić information content (AvgIpc) is 3.03. The second-order valence-electron chi connectivity index (χ2n) is 6.02. The summed E-state index contributed by atoms with van der Waals surface area (Å²) in [5, 5.41) is 3.57. The Morgan fingerprint density at radius 2 is 1.79 bits per heavy atom. The first-order valence-corrected chi connectivity index (χ1v) is 8.39. The third-order valence-corrected chi connectivity index (χ3v) is 4.13. The fourth-order valence-corrected chi connectivity index (χ4v) is 3.01. The summed E-state index contributed by atoms with van der Waals surface area (Å²) in [6.45, 7) is 4.83. The molecular weight excluding hydrogens is 322 g/mol. The van der Waals surface area contributed by atoms with Crippen molar-refractivity contribution in [2.24, 2.45) is 4.99 Å². The molecule has 0 fully saturated rings. The van der Waals surface area contributed by atoms with Gasteiger partial charge in [0.25, 0.3) is 0 Å². The number of amides is 2. The number of rotatable bonds is 2. The number of halogens is 1. The summed E-state index contributed by atoms with van der Waals surface area (Å²) in [5.74, 6) is 0.812. The lowest BCUT2D eigenvalue weighted by molar-refractivity contribution is 0.259. The molecule has 2 aromatic rings. The van der Waals surface area contributed by atoms with E-state index in [0.29, 0.717) is 10.7 Å². The zero-order chi connectivity index (χ0) is 17.1. The van der Waals surface area contributed by atoms with Crippen LogP contribution in [0.5, 0.6) is 0 Å². The number of aryl methyl sites for hydroxylation is 2. The second kappa shape index (κ2) is 7.05. The standard InChI is InChI=1S/C19H20ClN3O/c1-13-10-14(2)12-17(11-13)23(18-4-3-9-21-18)19(24)22-16-7-5-15(20)6-8-16/h5-8,10-12H,3-4,9H2,1-2H3,(H,22,24). The van der Waals surface area contributed by atoms with Crippen molar-refractivity contribution in [1.29, 1.82) is 0 Å². The predicted octanol–water partition coefficient (Wildman–Crippen LogP) is 5.19. The molecule has 4 nitrogen and oxygen atoms in total. The molecule has 124 valence electrons. The van der Waals surface area contributed by atoms with E-state index in [9.17, 15) is 4.79 Å². The lowest BCUT2D eigenvalue weighted by Gasteiger charge is -2.24. The van der Waals surface area contributed by atoms with Crippen molar-refractivity contribution in [3.05, 3.63) is 58.6 Å². The highest BCUT2D eigenvalue weighted by Crippen LogP contribution is 2.24. The largest absolute Gasteiger partial charge is 0.331 e. The number of aliphatic imine (C=N–C) groups is 1. The highest BCUT2D eigenvalue weighted by atomic mass is 35.5. The summed E-state index contributed by atoms with van der Waals surface area (Å²) in [7, 11) is 0. The molecule has 0 atom stereocenters. The van der Waals surface area contributed by atoms with E-state index >= 15 is 0 Å². The molecule has 0 aliphatic carbocycles. The Morgan fingerprint density at radius 1 is 1.12 bits per heavy atom. The molecule has 2 aromatic carbocycles. The maximum atomic E-state index is 12.9. The highest BCUT2D eigenvalue weighted by Gasteiger charge is 2.24. The maximum Gasteiger partial charge on any atom is 0.331 e. The van der Waals surface area contributed by atoms with Gasteiger partial charge in [0.15, 0.2) is 0 Å². The number of carbonyl (C=O) groups is 1. The highest BCUT2D eigenvalue weighted by molar-refractivity contribution is 6.30. The molecule has 5 heteroatoms. The average molecular weight is 342 g/mol. The Hall–Kier alpha value is -2.33. The summed E-state index contributed by atoms with van der Waals surface area (Å²) in [6.07, 6.45) is 1.78. The van der Waals surface area contributed by atoms with Crippen molar-refractivity contribution in [2.45, 2.75) is 26.7 Å². The summed E-state index contributed by atoms with van der Waals surface area (Å²) in [6, 6.07) is 13.0. The van der Waals surface area contributed by atoms with Gasteiger partial charge in [-0.15, -0.1) is 0 Å². The van der Waals surface area contributed by atoms with Gasteiger partial charge in [0.05, 0.1) is 5.69 Å². The molecule has 0 radical (unpaired) electrons. The number of anilines is 2. The quantitative estimate of drug-likeness (QED) is 0.802. The summed E-state index contributed by atoms with van der Waals surface area (Å²) in [5.41, 5.74) is 3.79. The number of nitrogens with zero attached hydrogens (tertiary/aromatic N) is 2. The molecule has 0 aromatic heterocycles. The Balaban J connectivity index is 1.92. The number of nitrogens with one attached hydrogen (secondary N) is 1. The van der Waals surface area contributed by atoms with E-state index in [1.165, 1.54) is 0 Å². The van der Waals surface area contributed by atoms with Gasteiger partial charge in [0.1, 0.15) is 5.84 Å². The zero-order valence-corrected chi connectivity index (χ0v) is 14.6. The van der Waals surface area contributed by atoms with Gasteiger partial charge in [-0.25, -0.2) is 4.79 Å². The minimum Gasteiger partial charge on any atom is -0.307 e. The Kier molecular flexibility index (Phi) is 4.86. The molecule has 0 saturated carbocycles. The van der Waals surface area contributed by atoms with Crippen LogP contribution < -0.4 is 10.2 Å². The predicted molar refractivity (Wildman–Crippen MR) is 100 cm³/mol. The SMILES string of the molecule is Cc1cc(C)cc(N(C(=O)Nc2ccc(Cl)cc2)C2=NCCC2)c1. The maximum absolute atomic E-state index is 12.9. The van der Waals surface area contributed by atoms with Crippen LogP contribution in [-0.4, -0.2) is 18.4 Å². The normalized spacial score (nSPS) is 13.5. The smallest absolute Gasteiger partial charge is 0.307 e. The molecule has 1 N–H and O–H groups in total. The van der Waals surface area contributed by atoms with E-state index in [0.717, 1.165) is 42.0 Å². The second-order valence-corrected chi connectivity index (χ2v) is 6.46. The lowest BCUT2D eigenvalue weighted by atomic mass is 10.1. The van der Waals surface area contributed by atoms with Gasteiger partial charge >= 0.3 is 6.03 Å². The molecule has 0 unspecified atom stereocenters. The van der Waals surface area contributed by atoms with E-state index in [4.69, 9.17) is 11.6 Å². The number of amidine groups is 1. The van der Waals surface area contributed by atoms with E-state index < -0.39 is 0 Å². The van der Waals surface area contributed by atoms with Gasteiger partial charge in [-0.1, -0.05) is 17.7 Å². The number of carbonyl (C=O) groups excluding carboxylic acids is 1. The summed E-state index contributed by atoms with van der Waals surface area (Å²) < 4.78 is 0. The number of urea groups is 1. The van der Waals surface area contributed by atoms with Crippen molar-refractivity contribution in [3.8, 4) is 0 Å². The zero-order valence-electron chi connectivity index (χ0n) is 13.8. The number of hydrogen-bond donors (Lipinski definition) is 1. The van der Waals surface area contributed by atoms with E-state index in [2.05, 4.69) is 16.4 Å². The number of benzene rings is 2. The molecular formula is C19H20ClN3O. The lowest BCUT2D eigenvalue weighted by Crippen LogP contribution is -2.39. The van der Waals surface area contributed by atoms with E-state index in [1.54, 1.807) is 29.2 Å². The van der Waals surface area contributed by atoms with Crippen molar-refractivity contribution >= 4 is 34.8 Å². The van der Waals surface area contributed by atoms with Gasteiger partial charge in [0.2, 0.25) is 0 Å². The Morgan fingerprint density at radius 3 is 2.38 bits per heavy atom. The fourth-order valence-electron chi connectivity index (χ4n) is 2.88. The van der Waals surface area contributed by atoms with Gasteiger partial charge < -0.3 is 5.32 Å². The van der Waals surface area contributed by atoms with Crippen LogP contribution in [-0.2, 0) is 0 Å². The van der Waals surface area contributed by atoms with E-state index in [1.807, 2.05) is 26.0 Å². The van der Waals surface area contributed by atoms with Crippen LogP contribution in [0.4, 0.5) is 16.2 Å². The van der Waals surface area contributed by atoms with Crippen LogP contribution in [0.15, 0.2) is 47.5 Å². The molecule has 24 heavy (non-hydrogen) atoms. The minimum absolute atomic E-state index is 0.206. The van der Waals surface area contributed by atoms with Crippen molar-refractivity contribution in [2.75, 3.05) is 16.8 Å². The molecule has 1 heterocycles. The van der Waals surface area contributed by atoms with Gasteiger partial charge in [-0.05, 0) is 67.8 Å². The molecule has 2 amide bonds. The van der Waals surface area contributed by atoms with E-state index in [-0.39, 0.29) is 6.03 Å². The summed E-state index contributed by atoms with van der Waals surface area (Å²) >= 11 is 5.90. The minimum atomic E-state index is -0.206. The number of hydrogen-bond acceptors (Lipinski definition) is 2. The molecule has 3 rings (SSSR count). The van der Waals surface area contributed by atoms with Gasteiger partial charge in [-0.3, -0.25) is 9.89 Å². The molecule has 0 bridgehead atoms. The molecule has 0 saturated heterocycles. The van der Waals surface area contributed by atoms with Crippen molar-refractivity contribution in [3.63, 3.8) is 0 Å². The Bertz CT molecular complexity index is 763. The molecule has 1 aliphatic heterocycles. The third kappa shape index (κ3) is 3.77. The van der Waals surface area contributed by atoms with Crippen LogP contribution in [0.1, 0.15) is 24.0 Å². The van der Waals surface area contributed by atoms with Crippen LogP contribution in [0, 0.1) is 13.8 Å². The third-order valence-electron chi connectivity index (χ3n) is 3.87. The fraction of sp³-hybridized carbons (Fsp3) is 0.263. The van der Waals surface area contributed by atoms with Gasteiger partial charge in [-0.2, -0.15) is 0 Å². The first-order valence-electron chi connectivity index (χ1n) is 8.01. The molecule has 0 spiro atoms. The van der Waals surface area contributed by atoms with Crippen molar-refractivity contribution < 1.29 is 4.79 Å². The first kappa shape index (κ1) is 16.5. The van der Waals surface area contributed by atoms with Crippen LogP contribution in [0.25, 0.3) is 0 Å². The van der Waals surface area contributed by atoms with Crippen LogP contribution in [0.3, 0.4) is 0 Å². The van der Waals surface area contributed by atoms with Crippen LogP contribution in [0.2, 0.25) is 5.02 Å². The molecule has 1 aliphatic rings.